The van der Waals surface area contributed by atoms with E-state index in [1.807, 2.05) is 60.2 Å². The summed E-state index contributed by atoms with van der Waals surface area (Å²) in [7, 11) is 0. The van der Waals surface area contributed by atoms with Crippen LogP contribution in [0.2, 0.25) is 0 Å². The van der Waals surface area contributed by atoms with Gasteiger partial charge in [-0.15, -0.1) is 23.1 Å². The smallest absolute Gasteiger partial charge is 0.244 e. The first-order valence-corrected chi connectivity index (χ1v) is 9.57. The Labute approximate surface area is 149 Å². The van der Waals surface area contributed by atoms with Crippen molar-refractivity contribution in [2.45, 2.75) is 11.4 Å². The van der Waals surface area contributed by atoms with E-state index in [4.69, 9.17) is 4.42 Å². The fourth-order valence-corrected chi connectivity index (χ4v) is 3.24. The van der Waals surface area contributed by atoms with Crippen molar-refractivity contribution in [1.82, 2.24) is 5.32 Å². The molecule has 0 saturated carbocycles. The summed E-state index contributed by atoms with van der Waals surface area (Å²) >= 11 is 3.32. The lowest BCUT2D eigenvalue weighted by Gasteiger charge is -2.00. The van der Waals surface area contributed by atoms with Gasteiger partial charge in [-0.1, -0.05) is 18.2 Å². The zero-order valence-corrected chi connectivity index (χ0v) is 14.8. The van der Waals surface area contributed by atoms with E-state index in [0.29, 0.717) is 6.54 Å². The van der Waals surface area contributed by atoms with Gasteiger partial charge in [0.15, 0.2) is 0 Å². The van der Waals surface area contributed by atoms with E-state index in [1.54, 1.807) is 29.2 Å². The molecule has 0 spiro atoms. The van der Waals surface area contributed by atoms with Gasteiger partial charge in [0.2, 0.25) is 5.91 Å². The van der Waals surface area contributed by atoms with Crippen LogP contribution in [0, 0.1) is 0 Å². The molecule has 5 heteroatoms. The highest BCUT2D eigenvalue weighted by Crippen LogP contribution is 2.26. The van der Waals surface area contributed by atoms with Crippen molar-refractivity contribution in [3.63, 3.8) is 0 Å². The summed E-state index contributed by atoms with van der Waals surface area (Å²) in [4.78, 5) is 14.2. The average Bonchev–Trinajstić information content (AvgIpc) is 3.29. The van der Waals surface area contributed by atoms with Crippen LogP contribution < -0.4 is 5.32 Å². The second-order valence-electron chi connectivity index (χ2n) is 5.07. The number of carbonyl (C=O) groups is 1. The van der Waals surface area contributed by atoms with Crippen molar-refractivity contribution >= 4 is 35.1 Å². The zero-order chi connectivity index (χ0) is 16.8. The Morgan fingerprint density at radius 2 is 2.04 bits per heavy atom. The Balaban J connectivity index is 1.52. The maximum Gasteiger partial charge on any atom is 0.244 e. The monoisotopic (exact) mass is 355 g/mol. The number of amides is 1. The van der Waals surface area contributed by atoms with Crippen molar-refractivity contribution in [3.8, 4) is 10.6 Å². The van der Waals surface area contributed by atoms with E-state index in [-0.39, 0.29) is 5.91 Å². The second-order valence-corrected chi connectivity index (χ2v) is 6.89. The molecule has 1 aromatic carbocycles. The summed E-state index contributed by atoms with van der Waals surface area (Å²) < 4.78 is 5.74. The third-order valence-electron chi connectivity index (χ3n) is 3.41. The molecule has 0 atom stereocenters. The van der Waals surface area contributed by atoms with Crippen molar-refractivity contribution in [3.05, 3.63) is 71.3 Å². The number of thiophene rings is 1. The molecule has 0 aliphatic rings. The second kappa shape index (κ2) is 8.04. The molecule has 3 rings (SSSR count). The number of hydrogen-bond acceptors (Lipinski definition) is 4. The van der Waals surface area contributed by atoms with Gasteiger partial charge < -0.3 is 9.73 Å². The molecule has 0 aliphatic carbocycles. The predicted octanol–water partition coefficient (Wildman–Crippen LogP) is 5.06. The minimum Gasteiger partial charge on any atom is -0.458 e. The number of carbonyl (C=O) groups excluding carboxylic acids is 1. The molecule has 24 heavy (non-hydrogen) atoms. The van der Waals surface area contributed by atoms with Crippen molar-refractivity contribution < 1.29 is 9.21 Å². The summed E-state index contributed by atoms with van der Waals surface area (Å²) in [5.74, 6) is 1.43. The van der Waals surface area contributed by atoms with Crippen LogP contribution in [-0.4, -0.2) is 12.2 Å². The molecule has 0 aliphatic heterocycles. The molecule has 0 unspecified atom stereocenters. The van der Waals surface area contributed by atoms with E-state index in [0.717, 1.165) is 22.0 Å². The quantitative estimate of drug-likeness (QED) is 0.496. The Morgan fingerprint density at radius 3 is 2.75 bits per heavy atom. The van der Waals surface area contributed by atoms with Crippen molar-refractivity contribution in [1.29, 1.82) is 0 Å². The number of furan rings is 1. The number of benzene rings is 1. The van der Waals surface area contributed by atoms with E-state index < -0.39 is 0 Å². The molecule has 3 aromatic rings. The van der Waals surface area contributed by atoms with Crippen LogP contribution in [0.15, 0.2) is 69.3 Å². The summed E-state index contributed by atoms with van der Waals surface area (Å²) in [6.07, 6.45) is 5.38. The number of hydrogen-bond donors (Lipinski definition) is 1. The molecule has 1 N–H and O–H groups in total. The maximum atomic E-state index is 11.9. The summed E-state index contributed by atoms with van der Waals surface area (Å²) in [5.41, 5.74) is 1.00. The van der Waals surface area contributed by atoms with Gasteiger partial charge in [-0.05, 0) is 53.6 Å². The summed E-state index contributed by atoms with van der Waals surface area (Å²) in [6.45, 7) is 0.375. The van der Waals surface area contributed by atoms with Gasteiger partial charge >= 0.3 is 0 Å². The van der Waals surface area contributed by atoms with Crippen molar-refractivity contribution in [2.24, 2.45) is 0 Å². The minimum atomic E-state index is -0.141. The molecule has 0 saturated heterocycles. The first kappa shape index (κ1) is 16.6. The highest BCUT2D eigenvalue weighted by Gasteiger charge is 2.06. The Bertz CT molecular complexity index is 817. The predicted molar refractivity (Wildman–Crippen MR) is 101 cm³/mol. The standard InChI is InChI=1S/C19H17NO2S2/c1-23-16-8-4-14(5-9-16)6-11-19(21)20-13-15-7-10-17(22-15)18-3-2-12-24-18/h2-12H,13H2,1H3,(H,20,21)/b11-6+. The Hall–Kier alpha value is -2.24. The van der Waals surface area contributed by atoms with E-state index >= 15 is 0 Å². The lowest BCUT2D eigenvalue weighted by Crippen LogP contribution is -2.19. The van der Waals surface area contributed by atoms with Gasteiger partial charge in [-0.3, -0.25) is 4.79 Å². The average molecular weight is 355 g/mol. The van der Waals surface area contributed by atoms with Crippen LogP contribution in [0.4, 0.5) is 0 Å². The normalized spacial score (nSPS) is 11.0. The number of nitrogens with one attached hydrogen (secondary N) is 1. The molecule has 0 radical (unpaired) electrons. The van der Waals surface area contributed by atoms with E-state index in [9.17, 15) is 4.79 Å². The molecule has 2 heterocycles. The van der Waals surface area contributed by atoms with Crippen LogP contribution in [0.5, 0.6) is 0 Å². The maximum absolute atomic E-state index is 11.9. The Morgan fingerprint density at radius 1 is 1.21 bits per heavy atom. The van der Waals surface area contributed by atoms with Gasteiger partial charge in [0, 0.05) is 11.0 Å². The van der Waals surface area contributed by atoms with Gasteiger partial charge in [-0.25, -0.2) is 0 Å². The third-order valence-corrected chi connectivity index (χ3v) is 5.03. The third kappa shape index (κ3) is 4.40. The lowest BCUT2D eigenvalue weighted by atomic mass is 10.2. The van der Waals surface area contributed by atoms with Crippen LogP contribution in [-0.2, 0) is 11.3 Å². The first-order valence-electron chi connectivity index (χ1n) is 7.47. The zero-order valence-electron chi connectivity index (χ0n) is 13.2. The highest BCUT2D eigenvalue weighted by molar-refractivity contribution is 7.98. The highest BCUT2D eigenvalue weighted by atomic mass is 32.2. The number of thioether (sulfide) groups is 1. The Kier molecular flexibility index (Phi) is 5.56. The minimum absolute atomic E-state index is 0.141. The van der Waals surface area contributed by atoms with Crippen molar-refractivity contribution in [2.75, 3.05) is 6.26 Å². The summed E-state index contributed by atoms with van der Waals surface area (Å²) in [5, 5.41) is 4.84. The molecule has 1 amide bonds. The molecule has 122 valence electrons. The van der Waals surface area contributed by atoms with Gasteiger partial charge in [0.25, 0.3) is 0 Å². The van der Waals surface area contributed by atoms with Gasteiger partial charge in [0.1, 0.15) is 11.5 Å². The summed E-state index contributed by atoms with van der Waals surface area (Å²) in [6, 6.07) is 15.9. The van der Waals surface area contributed by atoms with Crippen LogP contribution in [0.1, 0.15) is 11.3 Å². The molecule has 0 fully saturated rings. The molecule has 2 aromatic heterocycles. The van der Waals surface area contributed by atoms with Crippen LogP contribution >= 0.6 is 23.1 Å². The fraction of sp³-hybridized carbons (Fsp3) is 0.105. The van der Waals surface area contributed by atoms with E-state index in [2.05, 4.69) is 5.32 Å². The SMILES string of the molecule is CSc1ccc(/C=C/C(=O)NCc2ccc(-c3cccs3)o2)cc1. The van der Waals surface area contributed by atoms with Gasteiger partial charge in [-0.2, -0.15) is 0 Å². The molecule has 0 bridgehead atoms. The molecular formula is C19H17NO2S2. The van der Waals surface area contributed by atoms with Crippen LogP contribution in [0.3, 0.4) is 0 Å². The topological polar surface area (TPSA) is 42.2 Å². The number of rotatable bonds is 6. The molecule has 3 nitrogen and oxygen atoms in total. The molecular weight excluding hydrogens is 338 g/mol. The lowest BCUT2D eigenvalue weighted by molar-refractivity contribution is -0.116. The van der Waals surface area contributed by atoms with Gasteiger partial charge in [0.05, 0.1) is 11.4 Å². The largest absolute Gasteiger partial charge is 0.458 e. The van der Waals surface area contributed by atoms with Crippen LogP contribution in [0.25, 0.3) is 16.7 Å². The fourth-order valence-electron chi connectivity index (χ4n) is 2.14. The van der Waals surface area contributed by atoms with E-state index in [1.165, 1.54) is 11.0 Å². The first-order chi connectivity index (χ1) is 11.7.